The van der Waals surface area contributed by atoms with Gasteiger partial charge in [0.25, 0.3) is 0 Å². The van der Waals surface area contributed by atoms with E-state index in [0.29, 0.717) is 6.61 Å². The predicted octanol–water partition coefficient (Wildman–Crippen LogP) is 3.02. The number of nitrogens with zero attached hydrogens (tertiary/aromatic N) is 1. The second kappa shape index (κ2) is 6.05. The van der Waals surface area contributed by atoms with Crippen molar-refractivity contribution >= 4 is 0 Å². The summed E-state index contributed by atoms with van der Waals surface area (Å²) in [5.74, 6) is 1.65. The predicted molar refractivity (Wildman–Crippen MR) is 71.2 cm³/mol. The van der Waals surface area contributed by atoms with Gasteiger partial charge in [0, 0.05) is 24.9 Å². The van der Waals surface area contributed by atoms with Gasteiger partial charge in [0.2, 0.25) is 0 Å². The van der Waals surface area contributed by atoms with Crippen molar-refractivity contribution in [3.05, 3.63) is 53.9 Å². The van der Waals surface area contributed by atoms with Crippen LogP contribution in [0.15, 0.2) is 42.7 Å². The molecule has 0 aliphatic carbocycles. The van der Waals surface area contributed by atoms with Crippen molar-refractivity contribution in [2.24, 2.45) is 0 Å². The van der Waals surface area contributed by atoms with Crippen molar-refractivity contribution in [1.82, 2.24) is 4.98 Å². The molecule has 2 aromatic rings. The van der Waals surface area contributed by atoms with E-state index in [1.54, 1.807) is 7.11 Å². The topological polar surface area (TPSA) is 31.4 Å². The number of rotatable bonds is 5. The molecule has 1 aromatic carbocycles. The Bertz CT molecular complexity index is 511. The van der Waals surface area contributed by atoms with E-state index in [9.17, 15) is 0 Å². The normalized spacial score (nSPS) is 10.1. The maximum absolute atomic E-state index is 5.71. The largest absolute Gasteiger partial charge is 0.497 e. The van der Waals surface area contributed by atoms with Crippen molar-refractivity contribution in [2.75, 3.05) is 13.7 Å². The number of aromatic nitrogens is 1. The summed E-state index contributed by atoms with van der Waals surface area (Å²) in [6.45, 7) is 2.71. The van der Waals surface area contributed by atoms with Gasteiger partial charge in [0.1, 0.15) is 11.5 Å². The lowest BCUT2D eigenvalue weighted by molar-refractivity contribution is 0.318. The van der Waals surface area contributed by atoms with Crippen LogP contribution in [0.4, 0.5) is 0 Å². The number of pyridine rings is 1. The van der Waals surface area contributed by atoms with Crippen molar-refractivity contribution in [3.63, 3.8) is 0 Å². The van der Waals surface area contributed by atoms with E-state index in [1.807, 2.05) is 42.7 Å². The molecule has 0 radical (unpaired) electrons. The van der Waals surface area contributed by atoms with E-state index < -0.39 is 0 Å². The molecule has 3 heteroatoms. The Balaban J connectivity index is 1.90. The van der Waals surface area contributed by atoms with Gasteiger partial charge in [0.05, 0.1) is 13.7 Å². The van der Waals surface area contributed by atoms with Gasteiger partial charge < -0.3 is 9.47 Å². The minimum Gasteiger partial charge on any atom is -0.497 e. The third-order valence-electron chi connectivity index (χ3n) is 2.82. The van der Waals surface area contributed by atoms with Crippen molar-refractivity contribution in [2.45, 2.75) is 13.3 Å². The van der Waals surface area contributed by atoms with Crippen LogP contribution >= 0.6 is 0 Å². The zero-order valence-corrected chi connectivity index (χ0v) is 10.7. The lowest BCUT2D eigenvalue weighted by atomic mass is 10.1. The third-order valence-corrected chi connectivity index (χ3v) is 2.82. The van der Waals surface area contributed by atoms with Crippen LogP contribution in [-0.2, 0) is 6.42 Å². The Labute approximate surface area is 107 Å². The number of hydrogen-bond acceptors (Lipinski definition) is 3. The molecule has 0 spiro atoms. The molecule has 1 heterocycles. The molecule has 0 N–H and O–H groups in total. The van der Waals surface area contributed by atoms with Gasteiger partial charge in [-0.2, -0.15) is 0 Å². The van der Waals surface area contributed by atoms with Gasteiger partial charge in [-0.1, -0.05) is 6.07 Å². The van der Waals surface area contributed by atoms with Gasteiger partial charge in [-0.15, -0.1) is 0 Å². The van der Waals surface area contributed by atoms with Gasteiger partial charge in [-0.25, -0.2) is 0 Å². The number of aryl methyl sites for hydroxylation is 1. The molecule has 0 unspecified atom stereocenters. The molecule has 0 bridgehead atoms. The Kier molecular flexibility index (Phi) is 4.18. The lowest BCUT2D eigenvalue weighted by Crippen LogP contribution is -2.03. The fraction of sp³-hybridized carbons (Fsp3) is 0.267. The summed E-state index contributed by atoms with van der Waals surface area (Å²) in [4.78, 5) is 4.08. The Hall–Kier alpha value is -2.03. The molecule has 1 aromatic heterocycles. The molecule has 3 nitrogen and oxygen atoms in total. The monoisotopic (exact) mass is 243 g/mol. The molecule has 0 fully saturated rings. The van der Waals surface area contributed by atoms with Crippen LogP contribution in [0.3, 0.4) is 0 Å². The Morgan fingerprint density at radius 2 is 2.00 bits per heavy atom. The molecule has 2 rings (SSSR count). The zero-order valence-electron chi connectivity index (χ0n) is 10.7. The van der Waals surface area contributed by atoms with Gasteiger partial charge >= 0.3 is 0 Å². The summed E-state index contributed by atoms with van der Waals surface area (Å²) in [6.07, 6.45) is 4.57. The average Bonchev–Trinajstić information content (AvgIpc) is 2.41. The van der Waals surface area contributed by atoms with Crippen LogP contribution in [0.25, 0.3) is 0 Å². The van der Waals surface area contributed by atoms with Gasteiger partial charge in [-0.3, -0.25) is 4.98 Å². The summed E-state index contributed by atoms with van der Waals surface area (Å²) >= 11 is 0. The van der Waals surface area contributed by atoms with Crippen molar-refractivity contribution in [3.8, 4) is 11.5 Å². The molecular formula is C15H17NO2. The summed E-state index contributed by atoms with van der Waals surface area (Å²) in [5.41, 5.74) is 2.47. The Morgan fingerprint density at radius 1 is 1.17 bits per heavy atom. The summed E-state index contributed by atoms with van der Waals surface area (Å²) in [5, 5.41) is 0. The zero-order chi connectivity index (χ0) is 12.8. The second-order valence-corrected chi connectivity index (χ2v) is 4.08. The molecule has 94 valence electrons. The summed E-state index contributed by atoms with van der Waals surface area (Å²) in [6, 6.07) is 9.68. The first kappa shape index (κ1) is 12.4. The van der Waals surface area contributed by atoms with E-state index in [0.717, 1.165) is 17.9 Å². The molecule has 0 amide bonds. The highest BCUT2D eigenvalue weighted by atomic mass is 16.5. The van der Waals surface area contributed by atoms with E-state index in [2.05, 4.69) is 11.9 Å². The average molecular weight is 243 g/mol. The molecule has 0 aliphatic heterocycles. The molecule has 0 saturated heterocycles. The van der Waals surface area contributed by atoms with Gasteiger partial charge in [0.15, 0.2) is 0 Å². The maximum atomic E-state index is 5.71. The highest BCUT2D eigenvalue weighted by Crippen LogP contribution is 2.19. The van der Waals surface area contributed by atoms with Crippen LogP contribution < -0.4 is 9.47 Å². The minimum atomic E-state index is 0.651. The Morgan fingerprint density at radius 3 is 2.78 bits per heavy atom. The van der Waals surface area contributed by atoms with Gasteiger partial charge in [-0.05, 0) is 36.2 Å². The first-order valence-electron chi connectivity index (χ1n) is 5.96. The number of ether oxygens (including phenoxy) is 2. The minimum absolute atomic E-state index is 0.651. The quantitative estimate of drug-likeness (QED) is 0.809. The first-order chi connectivity index (χ1) is 8.79. The number of hydrogen-bond donors (Lipinski definition) is 0. The SMILES string of the molecule is COc1cccc(OCCc2ccncc2C)c1. The second-order valence-electron chi connectivity index (χ2n) is 4.08. The van der Waals surface area contributed by atoms with E-state index in [-0.39, 0.29) is 0 Å². The number of benzene rings is 1. The van der Waals surface area contributed by atoms with E-state index in [4.69, 9.17) is 9.47 Å². The van der Waals surface area contributed by atoms with Crippen molar-refractivity contribution < 1.29 is 9.47 Å². The third kappa shape index (κ3) is 3.23. The smallest absolute Gasteiger partial charge is 0.122 e. The maximum Gasteiger partial charge on any atom is 0.122 e. The highest BCUT2D eigenvalue weighted by molar-refractivity contribution is 5.32. The fourth-order valence-corrected chi connectivity index (χ4v) is 1.75. The molecule has 0 aliphatic rings. The standard InChI is InChI=1S/C15H17NO2/c1-12-11-16-8-6-13(12)7-9-18-15-5-3-4-14(10-15)17-2/h3-6,8,10-11H,7,9H2,1-2H3. The molecule has 0 atom stereocenters. The first-order valence-corrected chi connectivity index (χ1v) is 5.96. The lowest BCUT2D eigenvalue weighted by Gasteiger charge is -2.08. The highest BCUT2D eigenvalue weighted by Gasteiger charge is 2.00. The van der Waals surface area contributed by atoms with Crippen LogP contribution in [0.2, 0.25) is 0 Å². The summed E-state index contributed by atoms with van der Waals surface area (Å²) < 4.78 is 10.9. The number of methoxy groups -OCH3 is 1. The molecule has 0 saturated carbocycles. The van der Waals surface area contributed by atoms with Crippen LogP contribution in [-0.4, -0.2) is 18.7 Å². The van der Waals surface area contributed by atoms with E-state index >= 15 is 0 Å². The fourth-order valence-electron chi connectivity index (χ4n) is 1.75. The van der Waals surface area contributed by atoms with Crippen molar-refractivity contribution in [1.29, 1.82) is 0 Å². The van der Waals surface area contributed by atoms with E-state index in [1.165, 1.54) is 11.1 Å². The van der Waals surface area contributed by atoms with Crippen LogP contribution in [0, 0.1) is 6.92 Å². The van der Waals surface area contributed by atoms with Crippen LogP contribution in [0.1, 0.15) is 11.1 Å². The summed E-state index contributed by atoms with van der Waals surface area (Å²) in [7, 11) is 1.65. The molecule has 18 heavy (non-hydrogen) atoms. The molecular weight excluding hydrogens is 226 g/mol. The van der Waals surface area contributed by atoms with Crippen LogP contribution in [0.5, 0.6) is 11.5 Å².